The van der Waals surface area contributed by atoms with Gasteiger partial charge in [0.1, 0.15) is 4.75 Å². The van der Waals surface area contributed by atoms with Gasteiger partial charge in [-0.05, 0) is 37.3 Å². The predicted octanol–water partition coefficient (Wildman–Crippen LogP) is 2.86. The van der Waals surface area contributed by atoms with Crippen LogP contribution in [0.1, 0.15) is 12.8 Å². The van der Waals surface area contributed by atoms with Crippen LogP contribution in [0.15, 0.2) is 33.6 Å². The minimum atomic E-state index is -3.47. The Bertz CT molecular complexity index is 632. The number of hydrogen-bond donors (Lipinski definition) is 0. The summed E-state index contributed by atoms with van der Waals surface area (Å²) in [5.74, 6) is 0. The molecule has 0 spiro atoms. The summed E-state index contributed by atoms with van der Waals surface area (Å²) in [6.45, 7) is 0.784. The van der Waals surface area contributed by atoms with E-state index < -0.39 is 14.8 Å². The molecule has 2 rings (SSSR count). The van der Waals surface area contributed by atoms with Crippen molar-refractivity contribution in [2.24, 2.45) is 0 Å². The first-order valence-corrected chi connectivity index (χ1v) is 9.61. The largest absolute Gasteiger partial charge is 0.243 e. The standard InChI is InChI=1S/C13H15BrN2O2S2/c1-19-13(10-15)5-7-16(8-6-13)20(17,18)12-4-2-3-11(14)9-12/h2-4,9H,5-8H2,1H3. The average Bonchev–Trinajstić information content (AvgIpc) is 2.47. The minimum Gasteiger partial charge on any atom is -0.207 e. The third kappa shape index (κ3) is 3.03. The van der Waals surface area contributed by atoms with Gasteiger partial charge in [-0.25, -0.2) is 8.42 Å². The van der Waals surface area contributed by atoms with Crippen molar-refractivity contribution in [2.45, 2.75) is 22.5 Å². The zero-order valence-corrected chi connectivity index (χ0v) is 14.3. The summed E-state index contributed by atoms with van der Waals surface area (Å²) >= 11 is 4.80. The Morgan fingerprint density at radius 3 is 2.55 bits per heavy atom. The van der Waals surface area contributed by atoms with Gasteiger partial charge in [0.2, 0.25) is 10.0 Å². The van der Waals surface area contributed by atoms with Crippen LogP contribution in [0.5, 0.6) is 0 Å². The second kappa shape index (κ2) is 6.06. The molecular formula is C13H15BrN2O2S2. The lowest BCUT2D eigenvalue weighted by Gasteiger charge is -2.35. The molecule has 1 aromatic carbocycles. The van der Waals surface area contributed by atoms with Gasteiger partial charge >= 0.3 is 0 Å². The van der Waals surface area contributed by atoms with Crippen molar-refractivity contribution < 1.29 is 8.42 Å². The molecule has 0 unspecified atom stereocenters. The minimum absolute atomic E-state index is 0.292. The molecule has 0 amide bonds. The molecule has 1 aliphatic rings. The maximum absolute atomic E-state index is 12.5. The molecule has 0 saturated carbocycles. The Balaban J connectivity index is 2.20. The summed E-state index contributed by atoms with van der Waals surface area (Å²) in [4.78, 5) is 0.292. The molecule has 1 fully saturated rings. The van der Waals surface area contributed by atoms with Crippen LogP contribution in [0, 0.1) is 11.3 Å². The number of rotatable bonds is 3. The van der Waals surface area contributed by atoms with Crippen LogP contribution in [0.2, 0.25) is 0 Å². The third-order valence-electron chi connectivity index (χ3n) is 3.56. The summed E-state index contributed by atoms with van der Waals surface area (Å²) in [5, 5.41) is 9.24. The number of halogens is 1. The zero-order chi connectivity index (χ0) is 14.8. The second-order valence-electron chi connectivity index (χ2n) is 4.67. The van der Waals surface area contributed by atoms with E-state index in [1.54, 1.807) is 24.3 Å². The zero-order valence-electron chi connectivity index (χ0n) is 11.0. The smallest absolute Gasteiger partial charge is 0.207 e. The predicted molar refractivity (Wildman–Crippen MR) is 84.0 cm³/mol. The molecule has 7 heteroatoms. The molecule has 0 radical (unpaired) electrons. The normalized spacial score (nSPS) is 19.4. The Kier molecular flexibility index (Phi) is 4.80. The Morgan fingerprint density at radius 2 is 2.05 bits per heavy atom. The lowest BCUT2D eigenvalue weighted by atomic mass is 9.99. The molecule has 1 saturated heterocycles. The molecule has 108 valence electrons. The van der Waals surface area contributed by atoms with Gasteiger partial charge in [0.05, 0.1) is 11.0 Å². The van der Waals surface area contributed by atoms with Gasteiger partial charge in [-0.3, -0.25) is 0 Å². The van der Waals surface area contributed by atoms with Crippen LogP contribution < -0.4 is 0 Å². The van der Waals surface area contributed by atoms with Gasteiger partial charge in [-0.15, -0.1) is 11.8 Å². The molecule has 0 bridgehead atoms. The lowest BCUT2D eigenvalue weighted by Crippen LogP contribution is -2.44. The van der Waals surface area contributed by atoms with Crippen molar-refractivity contribution >= 4 is 37.7 Å². The Labute approximate surface area is 132 Å². The van der Waals surface area contributed by atoms with Gasteiger partial charge in [-0.1, -0.05) is 22.0 Å². The van der Waals surface area contributed by atoms with Crippen molar-refractivity contribution in [1.82, 2.24) is 4.31 Å². The van der Waals surface area contributed by atoms with Crippen molar-refractivity contribution in [3.8, 4) is 6.07 Å². The second-order valence-corrected chi connectivity index (χ2v) is 8.72. The maximum atomic E-state index is 12.5. The monoisotopic (exact) mass is 374 g/mol. The van der Waals surface area contributed by atoms with Crippen molar-refractivity contribution in [3.05, 3.63) is 28.7 Å². The van der Waals surface area contributed by atoms with E-state index in [0.717, 1.165) is 4.47 Å². The van der Waals surface area contributed by atoms with Crippen LogP contribution in [0.3, 0.4) is 0 Å². The van der Waals surface area contributed by atoms with Crippen molar-refractivity contribution in [1.29, 1.82) is 5.26 Å². The van der Waals surface area contributed by atoms with Crippen LogP contribution in [-0.4, -0.2) is 36.8 Å². The fourth-order valence-electron chi connectivity index (χ4n) is 2.23. The molecule has 0 aromatic heterocycles. The molecule has 4 nitrogen and oxygen atoms in total. The van der Waals surface area contributed by atoms with Crippen molar-refractivity contribution in [2.75, 3.05) is 19.3 Å². The summed E-state index contributed by atoms with van der Waals surface area (Å²) in [5.41, 5.74) is 0. The average molecular weight is 375 g/mol. The molecule has 0 aliphatic carbocycles. The Hall–Kier alpha value is -0.550. The van der Waals surface area contributed by atoms with Gasteiger partial charge in [0.15, 0.2) is 0 Å². The number of thioether (sulfide) groups is 1. The van der Waals surface area contributed by atoms with Gasteiger partial charge in [-0.2, -0.15) is 9.57 Å². The first kappa shape index (κ1) is 15.8. The van der Waals surface area contributed by atoms with E-state index in [0.29, 0.717) is 30.8 Å². The molecule has 0 atom stereocenters. The molecule has 1 aromatic rings. The van der Waals surface area contributed by atoms with Crippen LogP contribution in [0.4, 0.5) is 0 Å². The number of piperidine rings is 1. The summed E-state index contributed by atoms with van der Waals surface area (Å²) in [6, 6.07) is 9.03. The van der Waals surface area contributed by atoms with E-state index in [2.05, 4.69) is 22.0 Å². The SMILES string of the molecule is CSC1(C#N)CCN(S(=O)(=O)c2cccc(Br)c2)CC1. The fraction of sp³-hybridized carbons (Fsp3) is 0.462. The van der Waals surface area contributed by atoms with Gasteiger partial charge in [0.25, 0.3) is 0 Å². The highest BCUT2D eigenvalue weighted by Gasteiger charge is 2.38. The Morgan fingerprint density at radius 1 is 1.40 bits per heavy atom. The van der Waals surface area contributed by atoms with E-state index in [1.165, 1.54) is 16.1 Å². The first-order chi connectivity index (χ1) is 9.43. The van der Waals surface area contributed by atoms with Gasteiger partial charge in [0, 0.05) is 17.6 Å². The quantitative estimate of drug-likeness (QED) is 0.815. The number of benzene rings is 1. The summed E-state index contributed by atoms with van der Waals surface area (Å²) < 4.78 is 26.9. The van der Waals surface area contributed by atoms with E-state index in [4.69, 9.17) is 0 Å². The van der Waals surface area contributed by atoms with Crippen molar-refractivity contribution in [3.63, 3.8) is 0 Å². The lowest BCUT2D eigenvalue weighted by molar-refractivity contribution is 0.327. The molecular weight excluding hydrogens is 360 g/mol. The summed E-state index contributed by atoms with van der Waals surface area (Å²) in [6.07, 6.45) is 3.04. The highest BCUT2D eigenvalue weighted by molar-refractivity contribution is 9.10. The highest BCUT2D eigenvalue weighted by Crippen LogP contribution is 2.35. The number of nitrogens with zero attached hydrogens (tertiary/aromatic N) is 2. The molecule has 1 heterocycles. The number of sulfonamides is 1. The van der Waals surface area contributed by atoms with Crippen LogP contribution in [-0.2, 0) is 10.0 Å². The molecule has 0 N–H and O–H groups in total. The van der Waals surface area contributed by atoms with E-state index in [1.807, 2.05) is 6.26 Å². The topological polar surface area (TPSA) is 61.2 Å². The fourth-order valence-corrected chi connectivity index (χ4v) is 4.95. The molecule has 20 heavy (non-hydrogen) atoms. The van der Waals surface area contributed by atoms with E-state index >= 15 is 0 Å². The summed E-state index contributed by atoms with van der Waals surface area (Å²) in [7, 11) is -3.47. The number of hydrogen-bond acceptors (Lipinski definition) is 4. The third-order valence-corrected chi connectivity index (χ3v) is 7.23. The highest BCUT2D eigenvalue weighted by atomic mass is 79.9. The van der Waals surface area contributed by atoms with Gasteiger partial charge < -0.3 is 0 Å². The van der Waals surface area contributed by atoms with E-state index in [-0.39, 0.29) is 0 Å². The number of nitriles is 1. The first-order valence-electron chi connectivity index (χ1n) is 6.16. The molecule has 1 aliphatic heterocycles. The maximum Gasteiger partial charge on any atom is 0.243 e. The van der Waals surface area contributed by atoms with E-state index in [9.17, 15) is 13.7 Å². The van der Waals surface area contributed by atoms with Crippen LogP contribution >= 0.6 is 27.7 Å². The van der Waals surface area contributed by atoms with Crippen LogP contribution in [0.25, 0.3) is 0 Å².